The minimum atomic E-state index is 0.597. The lowest BCUT2D eigenvalue weighted by Gasteiger charge is -2.22. The lowest BCUT2D eigenvalue weighted by atomic mass is 9.96. The summed E-state index contributed by atoms with van der Waals surface area (Å²) in [6, 6.07) is 13.4. The second-order valence-electron chi connectivity index (χ2n) is 10.2. The van der Waals surface area contributed by atoms with Crippen molar-refractivity contribution in [3.8, 4) is 11.5 Å². The molecule has 0 aliphatic rings. The molecule has 0 N–H and O–H groups in total. The number of benzene rings is 3. The number of hydrogen-bond donors (Lipinski definition) is 0. The molecule has 3 aromatic carbocycles. The first kappa shape index (κ1) is 26.4. The van der Waals surface area contributed by atoms with Gasteiger partial charge in [-0.25, -0.2) is 0 Å². The van der Waals surface area contributed by atoms with E-state index < -0.39 is 0 Å². The highest BCUT2D eigenvalue weighted by molar-refractivity contribution is 6.11. The van der Waals surface area contributed by atoms with Crippen LogP contribution in [0.25, 0.3) is 21.5 Å². The van der Waals surface area contributed by atoms with Crippen molar-refractivity contribution in [1.29, 1.82) is 0 Å². The van der Waals surface area contributed by atoms with Crippen molar-refractivity contribution >= 4 is 21.5 Å². The average Bonchev–Trinajstić information content (AvgIpc) is 2.84. The Hall–Kier alpha value is -2.22. The fourth-order valence-electron chi connectivity index (χ4n) is 4.89. The Morgan fingerprint density at radius 2 is 1.00 bits per heavy atom. The maximum atomic E-state index is 6.69. The Balaban J connectivity index is 2.06. The van der Waals surface area contributed by atoms with Crippen molar-refractivity contribution in [3.63, 3.8) is 0 Å². The molecule has 0 saturated heterocycles. The van der Waals surface area contributed by atoms with E-state index in [-0.39, 0.29) is 0 Å². The van der Waals surface area contributed by atoms with E-state index in [9.17, 15) is 0 Å². The van der Waals surface area contributed by atoms with Crippen LogP contribution in [0, 0.1) is 25.7 Å². The van der Waals surface area contributed by atoms with Crippen LogP contribution in [0.5, 0.6) is 11.5 Å². The molecule has 0 radical (unpaired) electrons. The molecule has 186 valence electrons. The maximum Gasteiger partial charge on any atom is 0.135 e. The van der Waals surface area contributed by atoms with E-state index in [2.05, 4.69) is 77.9 Å². The number of aryl methyl sites for hydroxylation is 2. The molecule has 0 amide bonds. The average molecular weight is 463 g/mol. The first-order valence-corrected chi connectivity index (χ1v) is 13.7. The van der Waals surface area contributed by atoms with Crippen molar-refractivity contribution in [2.45, 2.75) is 92.9 Å². The van der Waals surface area contributed by atoms with Crippen LogP contribution in [0.4, 0.5) is 0 Å². The summed E-state index contributed by atoms with van der Waals surface area (Å²) in [6.07, 6.45) is 9.80. The minimum absolute atomic E-state index is 0.597. The van der Waals surface area contributed by atoms with Gasteiger partial charge in [0.15, 0.2) is 0 Å². The Kier molecular flexibility index (Phi) is 10.1. The van der Waals surface area contributed by atoms with Crippen molar-refractivity contribution in [2.75, 3.05) is 13.2 Å². The number of ether oxygens (including phenoxy) is 2. The van der Waals surface area contributed by atoms with Crippen molar-refractivity contribution in [3.05, 3.63) is 47.5 Å². The van der Waals surface area contributed by atoms with Gasteiger partial charge in [-0.1, -0.05) is 102 Å². The van der Waals surface area contributed by atoms with Gasteiger partial charge in [-0.2, -0.15) is 0 Å². The first-order valence-electron chi connectivity index (χ1n) is 13.7. The monoisotopic (exact) mass is 462 g/mol. The van der Waals surface area contributed by atoms with Gasteiger partial charge in [-0.3, -0.25) is 0 Å². The number of rotatable bonds is 14. The third kappa shape index (κ3) is 6.46. The fourth-order valence-corrected chi connectivity index (χ4v) is 4.89. The Morgan fingerprint density at radius 1 is 0.588 bits per heavy atom. The predicted octanol–water partition coefficient (Wildman–Crippen LogP) is 9.80. The Morgan fingerprint density at radius 3 is 1.38 bits per heavy atom. The highest BCUT2D eigenvalue weighted by atomic mass is 16.5. The third-order valence-corrected chi connectivity index (χ3v) is 7.34. The number of unbranched alkanes of at least 4 members (excludes halogenated alkanes) is 2. The smallest absolute Gasteiger partial charge is 0.135 e. The van der Waals surface area contributed by atoms with Crippen LogP contribution in [0.1, 0.15) is 90.2 Å². The van der Waals surface area contributed by atoms with Crippen LogP contribution < -0.4 is 9.47 Å². The third-order valence-electron chi connectivity index (χ3n) is 7.34. The van der Waals surface area contributed by atoms with E-state index >= 15 is 0 Å². The summed E-state index contributed by atoms with van der Waals surface area (Å²) in [7, 11) is 0. The van der Waals surface area contributed by atoms with Gasteiger partial charge in [0.05, 0.1) is 13.2 Å². The molecule has 3 rings (SSSR count). The summed E-state index contributed by atoms with van der Waals surface area (Å²) in [6.45, 7) is 15.0. The van der Waals surface area contributed by atoms with Crippen LogP contribution in [0.15, 0.2) is 36.4 Å². The molecule has 0 saturated carbocycles. The van der Waals surface area contributed by atoms with Crippen LogP contribution in [0.3, 0.4) is 0 Å². The van der Waals surface area contributed by atoms with Gasteiger partial charge in [0.1, 0.15) is 11.5 Å². The second kappa shape index (κ2) is 13.0. The van der Waals surface area contributed by atoms with E-state index in [4.69, 9.17) is 9.47 Å². The van der Waals surface area contributed by atoms with Gasteiger partial charge in [0, 0.05) is 21.5 Å². The van der Waals surface area contributed by atoms with E-state index in [1.165, 1.54) is 71.2 Å². The van der Waals surface area contributed by atoms with E-state index in [0.29, 0.717) is 11.8 Å². The highest BCUT2D eigenvalue weighted by Gasteiger charge is 2.19. The molecule has 0 aliphatic carbocycles. The highest BCUT2D eigenvalue weighted by Crippen LogP contribution is 2.44. The van der Waals surface area contributed by atoms with Crippen LogP contribution in [-0.2, 0) is 0 Å². The lowest BCUT2D eigenvalue weighted by Crippen LogP contribution is -2.13. The normalized spacial score (nSPS) is 13.4. The molecular formula is C32H46O2. The molecule has 2 atom stereocenters. The molecule has 34 heavy (non-hydrogen) atoms. The van der Waals surface area contributed by atoms with Gasteiger partial charge in [-0.05, 0) is 50.7 Å². The largest absolute Gasteiger partial charge is 0.492 e. The molecule has 0 bridgehead atoms. The van der Waals surface area contributed by atoms with Crippen molar-refractivity contribution in [2.24, 2.45) is 11.8 Å². The second-order valence-corrected chi connectivity index (χ2v) is 10.2. The zero-order chi connectivity index (χ0) is 24.5. The predicted molar refractivity (Wildman–Crippen MR) is 149 cm³/mol. The van der Waals surface area contributed by atoms with Gasteiger partial charge >= 0.3 is 0 Å². The zero-order valence-electron chi connectivity index (χ0n) is 22.5. The number of hydrogen-bond acceptors (Lipinski definition) is 2. The fraction of sp³-hybridized carbons (Fsp3) is 0.562. The van der Waals surface area contributed by atoms with Crippen molar-refractivity contribution < 1.29 is 9.47 Å². The quantitative estimate of drug-likeness (QED) is 0.222. The first-order chi connectivity index (χ1) is 16.5. The van der Waals surface area contributed by atoms with Gasteiger partial charge < -0.3 is 9.47 Å². The van der Waals surface area contributed by atoms with E-state index in [1.807, 2.05) is 0 Å². The Bertz CT molecular complexity index is 989. The molecule has 0 aliphatic heterocycles. The standard InChI is InChI=1S/C32H46O2/c1-7-11-13-25(9-3)21-33-31-27-17-15-23(5)19-29(27)32(30-20-24(6)16-18-28(30)31)34-22-26(10-4)14-12-8-2/h15-20,25-26H,7-14,21-22H2,1-6H3. The summed E-state index contributed by atoms with van der Waals surface area (Å²) in [5.74, 6) is 3.24. The molecular weight excluding hydrogens is 416 g/mol. The van der Waals surface area contributed by atoms with Gasteiger partial charge in [0.2, 0.25) is 0 Å². The minimum Gasteiger partial charge on any atom is -0.492 e. The maximum absolute atomic E-state index is 6.69. The lowest BCUT2D eigenvalue weighted by molar-refractivity contribution is 0.234. The van der Waals surface area contributed by atoms with Crippen LogP contribution in [-0.4, -0.2) is 13.2 Å². The molecule has 0 spiro atoms. The molecule has 0 fully saturated rings. The van der Waals surface area contributed by atoms with Gasteiger partial charge in [0.25, 0.3) is 0 Å². The molecule has 2 heteroatoms. The summed E-state index contributed by atoms with van der Waals surface area (Å²) in [5, 5.41) is 4.70. The SMILES string of the molecule is CCCCC(CC)COc1c2ccc(C)cc2c(OCC(CC)CCCC)c2cc(C)ccc12. The van der Waals surface area contributed by atoms with E-state index in [0.717, 1.165) is 37.6 Å². The number of fused-ring (bicyclic) bond motifs is 2. The summed E-state index contributed by atoms with van der Waals surface area (Å²) in [5.41, 5.74) is 2.51. The molecule has 3 aromatic rings. The Labute approximate surface area is 208 Å². The van der Waals surface area contributed by atoms with Crippen LogP contribution >= 0.6 is 0 Å². The summed E-state index contributed by atoms with van der Waals surface area (Å²) in [4.78, 5) is 0. The van der Waals surface area contributed by atoms with Crippen LogP contribution in [0.2, 0.25) is 0 Å². The molecule has 2 nitrogen and oxygen atoms in total. The van der Waals surface area contributed by atoms with E-state index in [1.54, 1.807) is 0 Å². The van der Waals surface area contributed by atoms with Gasteiger partial charge in [-0.15, -0.1) is 0 Å². The molecule has 0 aromatic heterocycles. The van der Waals surface area contributed by atoms with Crippen molar-refractivity contribution in [1.82, 2.24) is 0 Å². The topological polar surface area (TPSA) is 18.5 Å². The summed E-state index contributed by atoms with van der Waals surface area (Å²) >= 11 is 0. The molecule has 0 heterocycles. The molecule has 2 unspecified atom stereocenters. The summed E-state index contributed by atoms with van der Waals surface area (Å²) < 4.78 is 13.4. The zero-order valence-corrected chi connectivity index (χ0v) is 22.5.